The first kappa shape index (κ1) is 22.1. The van der Waals surface area contributed by atoms with E-state index in [1.807, 2.05) is 42.5 Å². The van der Waals surface area contributed by atoms with Crippen LogP contribution in [-0.2, 0) is 4.84 Å². The first-order valence-electron chi connectivity index (χ1n) is 11.5. The van der Waals surface area contributed by atoms with Crippen LogP contribution in [0.15, 0.2) is 57.1 Å². The molecule has 0 atom stereocenters. The van der Waals surface area contributed by atoms with Crippen LogP contribution in [0.2, 0.25) is 0 Å². The van der Waals surface area contributed by atoms with E-state index in [1.54, 1.807) is 0 Å². The number of benzene rings is 2. The molecule has 0 spiro atoms. The number of nitrogens with zero attached hydrogens (tertiary/aromatic N) is 4. The van der Waals surface area contributed by atoms with Crippen LogP contribution in [0, 0.1) is 0 Å². The van der Waals surface area contributed by atoms with Crippen LogP contribution in [0.25, 0.3) is 10.9 Å². The van der Waals surface area contributed by atoms with Crippen molar-refractivity contribution in [2.75, 3.05) is 45.9 Å². The van der Waals surface area contributed by atoms with Crippen LogP contribution in [0.1, 0.15) is 24.5 Å². The van der Waals surface area contributed by atoms with E-state index in [9.17, 15) is 5.11 Å². The summed E-state index contributed by atoms with van der Waals surface area (Å²) >= 11 is 3.53. The fourth-order valence-corrected chi connectivity index (χ4v) is 4.92. The summed E-state index contributed by atoms with van der Waals surface area (Å²) in [5.74, 6) is 0.0762. The lowest BCUT2D eigenvalue weighted by Crippen LogP contribution is -2.47. The number of aromatic amines is 1. The lowest BCUT2D eigenvalue weighted by atomic mass is 10.0. The number of rotatable bonds is 7. The van der Waals surface area contributed by atoms with Crippen molar-refractivity contribution in [3.63, 3.8) is 0 Å². The number of oxime groups is 1. The van der Waals surface area contributed by atoms with Gasteiger partial charge in [-0.15, -0.1) is 0 Å². The second kappa shape index (κ2) is 9.67. The Morgan fingerprint density at radius 3 is 2.64 bits per heavy atom. The third-order valence-electron chi connectivity index (χ3n) is 6.25. The highest BCUT2D eigenvalue weighted by Gasteiger charge is 2.29. The van der Waals surface area contributed by atoms with Crippen molar-refractivity contribution < 1.29 is 9.94 Å². The molecule has 7 nitrogen and oxygen atoms in total. The van der Waals surface area contributed by atoms with E-state index in [-0.39, 0.29) is 5.88 Å². The van der Waals surface area contributed by atoms with Crippen LogP contribution in [-0.4, -0.2) is 77.2 Å². The number of nitrogens with one attached hydrogen (secondary N) is 1. The summed E-state index contributed by atoms with van der Waals surface area (Å²) in [6.45, 7) is 9.11. The standard InChI is InChI=1S/C25H28BrN5O2/c1-2-9-30-10-12-31(13-11-30)14-15-33-29-23-18-5-3-4-6-20(18)27-24(23)22-19-16-17(26)7-8-21(19)28-25(22)32/h3-8,16,28,32H,2,9-15H2,1H3. The molecule has 1 fully saturated rings. The Morgan fingerprint density at radius 2 is 1.85 bits per heavy atom. The normalized spacial score (nSPS) is 18.1. The second-order valence-corrected chi connectivity index (χ2v) is 9.39. The molecule has 0 saturated carbocycles. The Labute approximate surface area is 201 Å². The molecule has 8 heteroatoms. The highest BCUT2D eigenvalue weighted by atomic mass is 79.9. The maximum Gasteiger partial charge on any atom is 0.199 e. The van der Waals surface area contributed by atoms with E-state index in [2.05, 4.69) is 42.8 Å². The van der Waals surface area contributed by atoms with E-state index < -0.39 is 0 Å². The molecule has 2 aliphatic heterocycles. The van der Waals surface area contributed by atoms with Gasteiger partial charge in [0.2, 0.25) is 0 Å². The van der Waals surface area contributed by atoms with Crippen molar-refractivity contribution >= 4 is 43.9 Å². The van der Waals surface area contributed by atoms with Crippen molar-refractivity contribution in [1.29, 1.82) is 0 Å². The van der Waals surface area contributed by atoms with Gasteiger partial charge in [0.25, 0.3) is 0 Å². The first-order chi connectivity index (χ1) is 16.1. The summed E-state index contributed by atoms with van der Waals surface area (Å²) in [4.78, 5) is 18.6. The number of halogens is 1. The Morgan fingerprint density at radius 1 is 1.09 bits per heavy atom. The molecule has 3 aromatic rings. The quantitative estimate of drug-likeness (QED) is 0.362. The number of aliphatic imine (C=N–C) groups is 1. The molecule has 5 rings (SSSR count). The predicted molar refractivity (Wildman–Crippen MR) is 136 cm³/mol. The average Bonchev–Trinajstić information content (AvgIpc) is 3.34. The predicted octanol–water partition coefficient (Wildman–Crippen LogP) is 4.52. The molecule has 0 radical (unpaired) electrons. The second-order valence-electron chi connectivity index (χ2n) is 8.47. The van der Waals surface area contributed by atoms with E-state index in [4.69, 9.17) is 9.83 Å². The Kier molecular flexibility index (Phi) is 6.48. The lowest BCUT2D eigenvalue weighted by Gasteiger charge is -2.34. The van der Waals surface area contributed by atoms with Gasteiger partial charge in [0.05, 0.1) is 11.3 Å². The Balaban J connectivity index is 1.35. The fourth-order valence-electron chi connectivity index (χ4n) is 4.56. The monoisotopic (exact) mass is 509 g/mol. The van der Waals surface area contributed by atoms with Gasteiger partial charge in [0.15, 0.2) is 5.88 Å². The molecular formula is C25H28BrN5O2. The zero-order valence-electron chi connectivity index (χ0n) is 18.7. The van der Waals surface area contributed by atoms with Gasteiger partial charge in [-0.2, -0.15) is 0 Å². The van der Waals surface area contributed by atoms with E-state index in [1.165, 1.54) is 13.0 Å². The number of hydrogen-bond acceptors (Lipinski definition) is 6. The SMILES string of the molecule is CCCN1CCN(CCON=C2C(c3c(O)[nH]c4ccc(Br)cc34)=Nc3ccccc32)CC1. The largest absolute Gasteiger partial charge is 0.494 e. The van der Waals surface area contributed by atoms with Crippen LogP contribution < -0.4 is 0 Å². The fraction of sp³-hybridized carbons (Fsp3) is 0.360. The molecule has 0 bridgehead atoms. The van der Waals surface area contributed by atoms with Gasteiger partial charge < -0.3 is 19.8 Å². The Hall–Kier alpha value is -2.68. The molecule has 1 aromatic heterocycles. The smallest absolute Gasteiger partial charge is 0.199 e. The van der Waals surface area contributed by atoms with Crippen molar-refractivity contribution in [2.45, 2.75) is 13.3 Å². The number of aromatic hydroxyl groups is 1. The highest BCUT2D eigenvalue weighted by molar-refractivity contribution is 9.10. The minimum Gasteiger partial charge on any atom is -0.494 e. The van der Waals surface area contributed by atoms with E-state index in [0.29, 0.717) is 23.6 Å². The molecule has 0 aliphatic carbocycles. The molecule has 0 unspecified atom stereocenters. The molecule has 2 N–H and O–H groups in total. The minimum atomic E-state index is 0.0762. The zero-order valence-corrected chi connectivity index (χ0v) is 20.3. The van der Waals surface area contributed by atoms with Crippen molar-refractivity contribution in [3.05, 3.63) is 58.1 Å². The van der Waals surface area contributed by atoms with Gasteiger partial charge in [-0.3, -0.25) is 4.90 Å². The molecule has 33 heavy (non-hydrogen) atoms. The minimum absolute atomic E-state index is 0.0762. The maximum atomic E-state index is 10.7. The number of fused-ring (bicyclic) bond motifs is 2. The van der Waals surface area contributed by atoms with E-state index in [0.717, 1.165) is 59.4 Å². The molecule has 2 aliphatic rings. The molecule has 0 amide bonds. The number of hydrogen-bond donors (Lipinski definition) is 2. The van der Waals surface area contributed by atoms with E-state index >= 15 is 0 Å². The van der Waals surface area contributed by atoms with Gasteiger partial charge in [-0.25, -0.2) is 4.99 Å². The summed E-state index contributed by atoms with van der Waals surface area (Å²) in [6, 6.07) is 13.7. The third-order valence-corrected chi connectivity index (χ3v) is 6.75. The molecule has 1 saturated heterocycles. The van der Waals surface area contributed by atoms with Crippen molar-refractivity contribution in [1.82, 2.24) is 14.8 Å². The molecule has 2 aromatic carbocycles. The summed E-state index contributed by atoms with van der Waals surface area (Å²) < 4.78 is 0.931. The van der Waals surface area contributed by atoms with Crippen LogP contribution in [0.3, 0.4) is 0 Å². The molecule has 172 valence electrons. The maximum absolute atomic E-state index is 10.7. The van der Waals surface area contributed by atoms with Gasteiger partial charge >= 0.3 is 0 Å². The summed E-state index contributed by atoms with van der Waals surface area (Å²) in [5, 5.41) is 16.1. The molecule has 3 heterocycles. The van der Waals surface area contributed by atoms with Crippen LogP contribution >= 0.6 is 15.9 Å². The number of aromatic nitrogens is 1. The molecular weight excluding hydrogens is 482 g/mol. The van der Waals surface area contributed by atoms with Gasteiger partial charge in [0.1, 0.15) is 18.0 Å². The van der Waals surface area contributed by atoms with Gasteiger partial charge in [-0.05, 0) is 37.2 Å². The summed E-state index contributed by atoms with van der Waals surface area (Å²) in [7, 11) is 0. The van der Waals surface area contributed by atoms with Crippen molar-refractivity contribution in [3.8, 4) is 5.88 Å². The third kappa shape index (κ3) is 4.55. The topological polar surface area (TPSA) is 76.5 Å². The Bertz CT molecular complexity index is 1210. The summed E-state index contributed by atoms with van der Waals surface area (Å²) in [6.07, 6.45) is 1.20. The average molecular weight is 510 g/mol. The number of piperazine rings is 1. The number of H-pyrrole nitrogens is 1. The van der Waals surface area contributed by atoms with Gasteiger partial charge in [-0.1, -0.05) is 46.2 Å². The van der Waals surface area contributed by atoms with Gasteiger partial charge in [0, 0.05) is 53.7 Å². The number of para-hydroxylation sites is 1. The van der Waals surface area contributed by atoms with Crippen LogP contribution in [0.4, 0.5) is 5.69 Å². The first-order valence-corrected chi connectivity index (χ1v) is 12.3. The summed E-state index contributed by atoms with van der Waals surface area (Å²) in [5.41, 5.74) is 4.47. The van der Waals surface area contributed by atoms with Crippen molar-refractivity contribution in [2.24, 2.45) is 10.1 Å². The highest BCUT2D eigenvalue weighted by Crippen LogP contribution is 2.36. The zero-order chi connectivity index (χ0) is 22.8. The van der Waals surface area contributed by atoms with Crippen LogP contribution in [0.5, 0.6) is 5.88 Å². The lowest BCUT2D eigenvalue weighted by molar-refractivity contribution is 0.0794.